The number of hydrogen-bond acceptors (Lipinski definition) is 4. The zero-order chi connectivity index (χ0) is 18.1. The van der Waals surface area contributed by atoms with E-state index in [0.29, 0.717) is 29.0 Å². The zero-order valence-corrected chi connectivity index (χ0v) is 15.4. The molecule has 0 atom stereocenters. The van der Waals surface area contributed by atoms with E-state index in [4.69, 9.17) is 23.2 Å². The second kappa shape index (κ2) is 7.19. The van der Waals surface area contributed by atoms with Crippen LogP contribution in [0.2, 0.25) is 10.0 Å². The number of hydrogen-bond donors (Lipinski definition) is 1. The fraction of sp³-hybridized carbons (Fsp3) is 0.211. The number of aromatic amines is 1. The Morgan fingerprint density at radius 2 is 1.96 bits per heavy atom. The normalized spacial score (nSPS) is 14.2. The van der Waals surface area contributed by atoms with E-state index < -0.39 is 0 Å². The van der Waals surface area contributed by atoms with Gasteiger partial charge >= 0.3 is 0 Å². The first-order valence-electron chi connectivity index (χ1n) is 8.29. The average molecular weight is 387 g/mol. The monoisotopic (exact) mass is 386 g/mol. The Morgan fingerprint density at radius 3 is 2.73 bits per heavy atom. The SMILES string of the molecule is O=c1[nH]c(-c2ccc(Cl)cc2)nc2c1CN(Cc1ccncc1Cl)CC2. The molecule has 5 nitrogen and oxygen atoms in total. The van der Waals surface area contributed by atoms with Gasteiger partial charge in [-0.1, -0.05) is 23.2 Å². The minimum Gasteiger partial charge on any atom is -0.306 e. The minimum atomic E-state index is -0.0922. The molecule has 0 unspecified atom stereocenters. The molecule has 1 aliphatic heterocycles. The molecule has 1 aromatic carbocycles. The Kier molecular flexibility index (Phi) is 4.76. The van der Waals surface area contributed by atoms with E-state index >= 15 is 0 Å². The number of pyridine rings is 1. The highest BCUT2D eigenvalue weighted by atomic mass is 35.5. The lowest BCUT2D eigenvalue weighted by Crippen LogP contribution is -2.35. The van der Waals surface area contributed by atoms with Crippen molar-refractivity contribution in [2.45, 2.75) is 19.5 Å². The van der Waals surface area contributed by atoms with Gasteiger partial charge in [0.2, 0.25) is 0 Å². The molecule has 7 heteroatoms. The van der Waals surface area contributed by atoms with Crippen LogP contribution >= 0.6 is 23.2 Å². The fourth-order valence-electron chi connectivity index (χ4n) is 3.13. The number of nitrogens with one attached hydrogen (secondary N) is 1. The maximum atomic E-state index is 12.6. The predicted molar refractivity (Wildman–Crippen MR) is 102 cm³/mol. The summed E-state index contributed by atoms with van der Waals surface area (Å²) in [4.78, 5) is 26.4. The highest BCUT2D eigenvalue weighted by molar-refractivity contribution is 6.31. The van der Waals surface area contributed by atoms with Gasteiger partial charge in [-0.3, -0.25) is 14.7 Å². The molecule has 0 spiro atoms. The molecule has 4 rings (SSSR count). The zero-order valence-electron chi connectivity index (χ0n) is 13.9. The summed E-state index contributed by atoms with van der Waals surface area (Å²) in [6, 6.07) is 9.19. The Bertz CT molecular complexity index is 1000. The van der Waals surface area contributed by atoms with Gasteiger partial charge in [-0.25, -0.2) is 4.98 Å². The summed E-state index contributed by atoms with van der Waals surface area (Å²) in [5.41, 5.74) is 3.34. The van der Waals surface area contributed by atoms with Crippen LogP contribution in [0.4, 0.5) is 0 Å². The smallest absolute Gasteiger partial charge is 0.255 e. The summed E-state index contributed by atoms with van der Waals surface area (Å²) in [5.74, 6) is 0.580. The van der Waals surface area contributed by atoms with Crippen LogP contribution in [0.1, 0.15) is 16.8 Å². The molecule has 0 saturated carbocycles. The van der Waals surface area contributed by atoms with Gasteiger partial charge in [0.25, 0.3) is 5.56 Å². The van der Waals surface area contributed by atoms with Crippen molar-refractivity contribution in [2.24, 2.45) is 0 Å². The van der Waals surface area contributed by atoms with E-state index in [1.165, 1.54) is 0 Å². The van der Waals surface area contributed by atoms with Crippen molar-refractivity contribution in [2.75, 3.05) is 6.54 Å². The summed E-state index contributed by atoms with van der Waals surface area (Å²) in [7, 11) is 0. The van der Waals surface area contributed by atoms with Crippen LogP contribution in [0.25, 0.3) is 11.4 Å². The molecule has 3 aromatic rings. The van der Waals surface area contributed by atoms with Gasteiger partial charge in [0.05, 0.1) is 16.3 Å². The highest BCUT2D eigenvalue weighted by Gasteiger charge is 2.22. The van der Waals surface area contributed by atoms with Gasteiger partial charge in [-0.2, -0.15) is 0 Å². The topological polar surface area (TPSA) is 61.9 Å². The largest absolute Gasteiger partial charge is 0.306 e. The molecule has 0 fully saturated rings. The second-order valence-corrected chi connectivity index (χ2v) is 7.12. The first-order valence-corrected chi connectivity index (χ1v) is 9.04. The van der Waals surface area contributed by atoms with Gasteiger partial charge in [0.15, 0.2) is 0 Å². The first-order chi connectivity index (χ1) is 12.6. The molecule has 0 bridgehead atoms. The Balaban J connectivity index is 1.59. The maximum absolute atomic E-state index is 12.6. The summed E-state index contributed by atoms with van der Waals surface area (Å²) >= 11 is 12.1. The van der Waals surface area contributed by atoms with Gasteiger partial charge in [-0.05, 0) is 35.9 Å². The third kappa shape index (κ3) is 3.51. The van der Waals surface area contributed by atoms with E-state index in [-0.39, 0.29) is 5.56 Å². The minimum absolute atomic E-state index is 0.0922. The van der Waals surface area contributed by atoms with Gasteiger partial charge in [-0.15, -0.1) is 0 Å². The van der Waals surface area contributed by atoms with Crippen molar-refractivity contribution in [3.63, 3.8) is 0 Å². The number of halogens is 2. The number of H-pyrrole nitrogens is 1. The molecule has 1 N–H and O–H groups in total. The lowest BCUT2D eigenvalue weighted by atomic mass is 10.1. The molecular formula is C19H16Cl2N4O. The predicted octanol–water partition coefficient (Wildman–Crippen LogP) is 3.70. The van der Waals surface area contributed by atoms with Gasteiger partial charge in [0.1, 0.15) is 5.82 Å². The van der Waals surface area contributed by atoms with E-state index in [1.807, 2.05) is 18.2 Å². The summed E-state index contributed by atoms with van der Waals surface area (Å²) in [6.07, 6.45) is 4.09. The molecular weight excluding hydrogens is 371 g/mol. The van der Waals surface area contributed by atoms with Gasteiger partial charge in [0, 0.05) is 49.0 Å². The second-order valence-electron chi connectivity index (χ2n) is 6.27. The summed E-state index contributed by atoms with van der Waals surface area (Å²) in [5, 5.41) is 1.29. The van der Waals surface area contributed by atoms with Crippen LogP contribution in [0.5, 0.6) is 0 Å². The van der Waals surface area contributed by atoms with E-state index in [9.17, 15) is 4.79 Å². The fourth-order valence-corrected chi connectivity index (χ4v) is 3.44. The standard InChI is InChI=1S/C19H16Cl2N4O/c20-14-3-1-12(2-4-14)18-23-17-6-8-25(11-15(17)19(26)24-18)10-13-5-7-22-9-16(13)21/h1-5,7,9H,6,8,10-11H2,(H,23,24,26). The first kappa shape index (κ1) is 17.2. The summed E-state index contributed by atoms with van der Waals surface area (Å²) in [6.45, 7) is 2.05. The lowest BCUT2D eigenvalue weighted by molar-refractivity contribution is 0.242. The summed E-state index contributed by atoms with van der Waals surface area (Å²) < 4.78 is 0. The van der Waals surface area contributed by atoms with E-state index in [1.54, 1.807) is 24.5 Å². The van der Waals surface area contributed by atoms with Crippen LogP contribution in [0, 0.1) is 0 Å². The number of fused-ring (bicyclic) bond motifs is 1. The van der Waals surface area contributed by atoms with Crippen LogP contribution in [-0.2, 0) is 19.5 Å². The van der Waals surface area contributed by atoms with Crippen LogP contribution < -0.4 is 5.56 Å². The molecule has 0 radical (unpaired) electrons. The van der Waals surface area contributed by atoms with Crippen LogP contribution in [0.15, 0.2) is 47.5 Å². The van der Waals surface area contributed by atoms with Crippen molar-refractivity contribution in [3.8, 4) is 11.4 Å². The molecule has 26 heavy (non-hydrogen) atoms. The average Bonchev–Trinajstić information content (AvgIpc) is 2.64. The third-order valence-corrected chi connectivity index (χ3v) is 5.11. The van der Waals surface area contributed by atoms with Crippen molar-refractivity contribution < 1.29 is 0 Å². The van der Waals surface area contributed by atoms with Crippen molar-refractivity contribution >= 4 is 23.2 Å². The number of benzene rings is 1. The number of aromatic nitrogens is 3. The van der Waals surface area contributed by atoms with Gasteiger partial charge < -0.3 is 4.98 Å². The van der Waals surface area contributed by atoms with Crippen molar-refractivity contribution in [3.05, 3.63) is 79.9 Å². The Labute approximate surface area is 160 Å². The lowest BCUT2D eigenvalue weighted by Gasteiger charge is -2.28. The molecule has 2 aromatic heterocycles. The van der Waals surface area contributed by atoms with E-state index in [2.05, 4.69) is 19.9 Å². The quantitative estimate of drug-likeness (QED) is 0.745. The Morgan fingerprint density at radius 1 is 1.15 bits per heavy atom. The molecule has 0 aliphatic carbocycles. The van der Waals surface area contributed by atoms with Crippen molar-refractivity contribution in [1.29, 1.82) is 0 Å². The molecule has 0 saturated heterocycles. The number of rotatable bonds is 3. The third-order valence-electron chi connectivity index (χ3n) is 4.52. The van der Waals surface area contributed by atoms with Crippen LogP contribution in [0.3, 0.4) is 0 Å². The van der Waals surface area contributed by atoms with E-state index in [0.717, 1.165) is 35.3 Å². The Hall–Kier alpha value is -2.21. The van der Waals surface area contributed by atoms with Crippen LogP contribution in [-0.4, -0.2) is 26.4 Å². The highest BCUT2D eigenvalue weighted by Crippen LogP contribution is 2.22. The molecule has 3 heterocycles. The molecule has 1 aliphatic rings. The maximum Gasteiger partial charge on any atom is 0.255 e. The molecule has 0 amide bonds. The molecule has 132 valence electrons. The van der Waals surface area contributed by atoms with Crippen molar-refractivity contribution in [1.82, 2.24) is 19.9 Å². The number of nitrogens with zero attached hydrogens (tertiary/aromatic N) is 3.